The summed E-state index contributed by atoms with van der Waals surface area (Å²) in [5, 5.41) is 13.8. The van der Waals surface area contributed by atoms with Gasteiger partial charge in [0.05, 0.1) is 12.2 Å². The topological polar surface area (TPSA) is 41.5 Å². The molecule has 1 spiro atoms. The molecule has 0 aromatic carbocycles. The molecule has 17 heavy (non-hydrogen) atoms. The second-order valence-electron chi connectivity index (χ2n) is 6.10. The predicted molar refractivity (Wildman–Crippen MR) is 69.1 cm³/mol. The van der Waals surface area contributed by atoms with Gasteiger partial charge in [0.25, 0.3) is 0 Å². The molecule has 0 bridgehead atoms. The summed E-state index contributed by atoms with van der Waals surface area (Å²) in [5.74, 6) is 0. The molecule has 3 nitrogen and oxygen atoms in total. The molecule has 0 aromatic rings. The Labute approximate surface area is 105 Å². The van der Waals surface area contributed by atoms with E-state index in [2.05, 4.69) is 5.32 Å². The highest BCUT2D eigenvalue weighted by Crippen LogP contribution is 2.50. The van der Waals surface area contributed by atoms with Crippen LogP contribution < -0.4 is 5.32 Å². The average molecular weight is 241 g/mol. The molecule has 0 radical (unpaired) electrons. The van der Waals surface area contributed by atoms with Crippen LogP contribution in [0.3, 0.4) is 0 Å². The number of hydrogen-bond acceptors (Lipinski definition) is 3. The quantitative estimate of drug-likeness (QED) is 0.724. The molecule has 2 saturated carbocycles. The molecule has 2 fully saturated rings. The second-order valence-corrected chi connectivity index (χ2v) is 6.10. The third-order valence-electron chi connectivity index (χ3n) is 4.84. The van der Waals surface area contributed by atoms with E-state index in [0.717, 1.165) is 32.5 Å². The van der Waals surface area contributed by atoms with Gasteiger partial charge >= 0.3 is 0 Å². The fraction of sp³-hybridized carbons (Fsp3) is 1.00. The third kappa shape index (κ3) is 3.43. The molecule has 0 amide bonds. The van der Waals surface area contributed by atoms with Gasteiger partial charge in [0.1, 0.15) is 0 Å². The number of aliphatic hydroxyl groups is 1. The minimum atomic E-state index is -0.457. The molecule has 2 N–H and O–H groups in total. The summed E-state index contributed by atoms with van der Waals surface area (Å²) >= 11 is 0. The lowest BCUT2D eigenvalue weighted by atomic mass is 9.67. The van der Waals surface area contributed by atoms with E-state index in [-0.39, 0.29) is 0 Å². The molecule has 2 rings (SSSR count). The molecule has 100 valence electrons. The number of ether oxygens (including phenoxy) is 1. The van der Waals surface area contributed by atoms with Crippen LogP contribution in [-0.4, -0.2) is 37.5 Å². The highest BCUT2D eigenvalue weighted by atomic mass is 16.5. The summed E-state index contributed by atoms with van der Waals surface area (Å²) in [6.45, 7) is 2.29. The molecular weight excluding hydrogens is 214 g/mol. The van der Waals surface area contributed by atoms with Gasteiger partial charge in [0.15, 0.2) is 0 Å². The minimum Gasteiger partial charge on any atom is -0.389 e. The molecule has 0 unspecified atom stereocenters. The van der Waals surface area contributed by atoms with Crippen LogP contribution in [0.4, 0.5) is 0 Å². The van der Waals surface area contributed by atoms with Crippen molar-refractivity contribution < 1.29 is 9.84 Å². The van der Waals surface area contributed by atoms with Gasteiger partial charge in [-0.2, -0.15) is 0 Å². The summed E-state index contributed by atoms with van der Waals surface area (Å²) in [5.41, 5.74) is 0.153. The van der Waals surface area contributed by atoms with Crippen LogP contribution in [0.5, 0.6) is 0 Å². The number of nitrogens with one attached hydrogen (secondary N) is 1. The molecule has 3 heteroatoms. The smallest absolute Gasteiger partial charge is 0.0772 e. The third-order valence-corrected chi connectivity index (χ3v) is 4.84. The van der Waals surface area contributed by atoms with Crippen molar-refractivity contribution in [1.82, 2.24) is 5.32 Å². The van der Waals surface area contributed by atoms with E-state index < -0.39 is 5.60 Å². The zero-order valence-electron chi connectivity index (χ0n) is 11.1. The van der Waals surface area contributed by atoms with Crippen molar-refractivity contribution >= 4 is 0 Å². The Morgan fingerprint density at radius 1 is 1.06 bits per heavy atom. The van der Waals surface area contributed by atoms with Crippen molar-refractivity contribution in [2.45, 2.75) is 57.0 Å². The average Bonchev–Trinajstić information content (AvgIpc) is 2.79. The SMILES string of the molecule is COCCNCC1(O)CCC2(CCCC2)CC1. The van der Waals surface area contributed by atoms with Crippen molar-refractivity contribution in [2.75, 3.05) is 26.8 Å². The fourth-order valence-corrected chi connectivity index (χ4v) is 3.54. The lowest BCUT2D eigenvalue weighted by molar-refractivity contribution is -0.0318. The lowest BCUT2D eigenvalue weighted by Crippen LogP contribution is -2.46. The summed E-state index contributed by atoms with van der Waals surface area (Å²) in [7, 11) is 1.71. The van der Waals surface area contributed by atoms with Crippen LogP contribution in [0.15, 0.2) is 0 Å². The first-order valence-electron chi connectivity index (χ1n) is 7.10. The molecule has 0 atom stereocenters. The van der Waals surface area contributed by atoms with Gasteiger partial charge in [-0.3, -0.25) is 0 Å². The zero-order valence-corrected chi connectivity index (χ0v) is 11.1. The van der Waals surface area contributed by atoms with Crippen LogP contribution in [-0.2, 0) is 4.74 Å². The first-order valence-corrected chi connectivity index (χ1v) is 7.10. The Bertz CT molecular complexity index is 226. The van der Waals surface area contributed by atoms with Crippen LogP contribution in [0.2, 0.25) is 0 Å². The van der Waals surface area contributed by atoms with Gasteiger partial charge in [-0.05, 0) is 43.9 Å². The maximum absolute atomic E-state index is 10.5. The van der Waals surface area contributed by atoms with E-state index in [9.17, 15) is 5.11 Å². The van der Waals surface area contributed by atoms with Gasteiger partial charge < -0.3 is 15.2 Å². The Balaban J connectivity index is 1.72. The van der Waals surface area contributed by atoms with Crippen molar-refractivity contribution in [3.05, 3.63) is 0 Å². The normalized spacial score (nSPS) is 26.5. The van der Waals surface area contributed by atoms with E-state index in [1.807, 2.05) is 0 Å². The van der Waals surface area contributed by atoms with Gasteiger partial charge in [0.2, 0.25) is 0 Å². The first-order chi connectivity index (χ1) is 8.18. The molecule has 0 saturated heterocycles. The van der Waals surface area contributed by atoms with Gasteiger partial charge in [-0.15, -0.1) is 0 Å². The van der Waals surface area contributed by atoms with Crippen molar-refractivity contribution in [1.29, 1.82) is 0 Å². The molecule has 2 aliphatic carbocycles. The molecule has 0 aromatic heterocycles. The largest absolute Gasteiger partial charge is 0.389 e. The Morgan fingerprint density at radius 2 is 1.71 bits per heavy atom. The van der Waals surface area contributed by atoms with E-state index in [0.29, 0.717) is 5.41 Å². The zero-order chi connectivity index (χ0) is 12.2. The van der Waals surface area contributed by atoms with E-state index in [1.165, 1.54) is 38.5 Å². The van der Waals surface area contributed by atoms with E-state index in [4.69, 9.17) is 4.74 Å². The maximum Gasteiger partial charge on any atom is 0.0772 e. The molecular formula is C14H27NO2. The van der Waals surface area contributed by atoms with Crippen molar-refractivity contribution in [3.8, 4) is 0 Å². The summed E-state index contributed by atoms with van der Waals surface area (Å²) in [6.07, 6.45) is 10.0. The highest BCUT2D eigenvalue weighted by Gasteiger charge is 2.42. The van der Waals surface area contributed by atoms with E-state index in [1.54, 1.807) is 7.11 Å². The predicted octanol–water partition coefficient (Wildman–Crippen LogP) is 2.09. The highest BCUT2D eigenvalue weighted by molar-refractivity contribution is 4.96. The summed E-state index contributed by atoms with van der Waals surface area (Å²) in [4.78, 5) is 0. The summed E-state index contributed by atoms with van der Waals surface area (Å²) in [6, 6.07) is 0. The van der Waals surface area contributed by atoms with Crippen LogP contribution in [0, 0.1) is 5.41 Å². The maximum atomic E-state index is 10.5. The molecule has 2 aliphatic rings. The number of methoxy groups -OCH3 is 1. The monoisotopic (exact) mass is 241 g/mol. The minimum absolute atomic E-state index is 0.457. The lowest BCUT2D eigenvalue weighted by Gasteiger charge is -2.42. The fourth-order valence-electron chi connectivity index (χ4n) is 3.54. The van der Waals surface area contributed by atoms with Gasteiger partial charge in [0, 0.05) is 20.2 Å². The Hall–Kier alpha value is -0.120. The molecule has 0 heterocycles. The first kappa shape index (κ1) is 13.3. The Kier molecular flexibility index (Phi) is 4.45. The standard InChI is InChI=1S/C14H27NO2/c1-17-11-10-15-12-14(16)8-6-13(7-9-14)4-2-3-5-13/h15-16H,2-12H2,1H3. The summed E-state index contributed by atoms with van der Waals surface area (Å²) < 4.78 is 5.00. The number of rotatable bonds is 5. The second kappa shape index (κ2) is 5.68. The number of hydrogen-bond donors (Lipinski definition) is 2. The van der Waals surface area contributed by atoms with E-state index >= 15 is 0 Å². The van der Waals surface area contributed by atoms with Crippen LogP contribution in [0.25, 0.3) is 0 Å². The van der Waals surface area contributed by atoms with Crippen LogP contribution >= 0.6 is 0 Å². The van der Waals surface area contributed by atoms with Crippen molar-refractivity contribution in [3.63, 3.8) is 0 Å². The van der Waals surface area contributed by atoms with Crippen LogP contribution in [0.1, 0.15) is 51.4 Å². The van der Waals surface area contributed by atoms with Crippen molar-refractivity contribution in [2.24, 2.45) is 5.41 Å². The Morgan fingerprint density at radius 3 is 2.29 bits per heavy atom. The molecule has 0 aliphatic heterocycles. The van der Waals surface area contributed by atoms with Gasteiger partial charge in [-0.1, -0.05) is 12.8 Å². The van der Waals surface area contributed by atoms with Gasteiger partial charge in [-0.25, -0.2) is 0 Å².